The first-order valence-electron chi connectivity index (χ1n) is 13.8. The Hall–Kier alpha value is -4.19. The van der Waals surface area contributed by atoms with E-state index in [1.807, 2.05) is 30.4 Å². The fourth-order valence-electron chi connectivity index (χ4n) is 5.23. The standard InChI is InChI=1S/C31H30ClFN6O3S/c1-19(2)31-36-28(21-9-12-25(24(33)17-21)37-43(40,41)27-6-4-3-5-23(27)32)29-30(34)35-18-26(39(29)31)20-7-10-22(11-8-20)38-13-15-42-16-14-38/h3-12,17-19,37H,13-16H2,1-2H3,(H2,34,35). The molecular weight excluding hydrogens is 591 g/mol. The van der Waals surface area contributed by atoms with E-state index in [1.54, 1.807) is 24.4 Å². The molecule has 43 heavy (non-hydrogen) atoms. The van der Waals surface area contributed by atoms with Gasteiger partial charge in [-0.1, -0.05) is 55.8 Å². The van der Waals surface area contributed by atoms with Crippen LogP contribution in [0.25, 0.3) is 28.0 Å². The Bertz CT molecular complexity index is 1920. The van der Waals surface area contributed by atoms with Gasteiger partial charge in [0.05, 0.1) is 35.8 Å². The molecule has 3 aromatic carbocycles. The largest absolute Gasteiger partial charge is 0.382 e. The molecule has 1 saturated heterocycles. The van der Waals surface area contributed by atoms with Crippen LogP contribution in [0.2, 0.25) is 5.02 Å². The van der Waals surface area contributed by atoms with Crippen LogP contribution in [0.3, 0.4) is 0 Å². The molecule has 222 valence electrons. The third kappa shape index (κ3) is 5.51. The third-order valence-corrected chi connectivity index (χ3v) is 9.25. The fourth-order valence-corrected chi connectivity index (χ4v) is 6.82. The number of halogens is 2. The molecule has 9 nitrogen and oxygen atoms in total. The number of morpholine rings is 1. The summed E-state index contributed by atoms with van der Waals surface area (Å²) >= 11 is 6.07. The number of nitrogens with zero attached hydrogens (tertiary/aromatic N) is 4. The normalized spacial score (nSPS) is 14.0. The number of nitrogens with one attached hydrogen (secondary N) is 1. The van der Waals surface area contributed by atoms with E-state index in [1.165, 1.54) is 24.3 Å². The number of ether oxygens (including phenoxy) is 1. The van der Waals surface area contributed by atoms with E-state index in [0.717, 1.165) is 35.9 Å². The Kier molecular flexibility index (Phi) is 7.72. The maximum Gasteiger partial charge on any atom is 0.263 e. The van der Waals surface area contributed by atoms with Crippen molar-refractivity contribution in [3.8, 4) is 22.5 Å². The van der Waals surface area contributed by atoms with Crippen molar-refractivity contribution in [2.75, 3.05) is 41.7 Å². The topological polar surface area (TPSA) is 115 Å². The van der Waals surface area contributed by atoms with Crippen LogP contribution in [0.5, 0.6) is 0 Å². The molecule has 0 unspecified atom stereocenters. The zero-order chi connectivity index (χ0) is 30.3. The van der Waals surface area contributed by atoms with Crippen LogP contribution >= 0.6 is 11.6 Å². The number of imidazole rings is 1. The lowest BCUT2D eigenvalue weighted by Crippen LogP contribution is -2.36. The molecule has 3 N–H and O–H groups in total. The highest BCUT2D eigenvalue weighted by Gasteiger charge is 2.24. The molecule has 0 aliphatic carbocycles. The van der Waals surface area contributed by atoms with Crippen molar-refractivity contribution >= 4 is 44.3 Å². The molecule has 5 aromatic rings. The predicted octanol–water partition coefficient (Wildman–Crippen LogP) is 6.20. The van der Waals surface area contributed by atoms with Crippen molar-refractivity contribution in [1.29, 1.82) is 0 Å². The van der Waals surface area contributed by atoms with Crippen LogP contribution < -0.4 is 15.4 Å². The summed E-state index contributed by atoms with van der Waals surface area (Å²) in [5.74, 6) is 0.199. The Morgan fingerprint density at radius 2 is 1.72 bits per heavy atom. The van der Waals surface area contributed by atoms with Gasteiger partial charge >= 0.3 is 0 Å². The molecule has 6 rings (SSSR count). The van der Waals surface area contributed by atoms with Crippen molar-refractivity contribution < 1.29 is 17.5 Å². The van der Waals surface area contributed by atoms with Crippen LogP contribution in [-0.4, -0.2) is 49.1 Å². The van der Waals surface area contributed by atoms with Crippen LogP contribution in [0.4, 0.5) is 21.6 Å². The molecule has 0 saturated carbocycles. The summed E-state index contributed by atoms with van der Waals surface area (Å²) < 4.78 is 51.0. The molecule has 0 atom stereocenters. The molecule has 0 radical (unpaired) electrons. The van der Waals surface area contributed by atoms with Gasteiger partial charge in [0.15, 0.2) is 0 Å². The van der Waals surface area contributed by atoms with Crippen molar-refractivity contribution in [1.82, 2.24) is 14.4 Å². The summed E-state index contributed by atoms with van der Waals surface area (Å²) in [6, 6.07) is 18.4. The Balaban J connectivity index is 1.40. The highest BCUT2D eigenvalue weighted by molar-refractivity contribution is 7.92. The highest BCUT2D eigenvalue weighted by atomic mass is 35.5. The summed E-state index contributed by atoms with van der Waals surface area (Å²) in [5.41, 5.74) is 10.5. The van der Waals surface area contributed by atoms with Gasteiger partial charge in [-0.3, -0.25) is 9.12 Å². The Labute approximate surface area is 254 Å². The lowest BCUT2D eigenvalue weighted by molar-refractivity contribution is 0.122. The van der Waals surface area contributed by atoms with Gasteiger partial charge in [-0.25, -0.2) is 22.8 Å². The van der Waals surface area contributed by atoms with Gasteiger partial charge in [0.1, 0.15) is 33.6 Å². The van der Waals surface area contributed by atoms with Gasteiger partial charge < -0.3 is 15.4 Å². The van der Waals surface area contributed by atoms with Crippen molar-refractivity contribution in [3.05, 3.63) is 89.6 Å². The lowest BCUT2D eigenvalue weighted by atomic mass is 10.1. The van der Waals surface area contributed by atoms with Crippen molar-refractivity contribution in [3.63, 3.8) is 0 Å². The second-order valence-corrected chi connectivity index (χ2v) is 12.6. The number of fused-ring (bicyclic) bond motifs is 1. The maximum absolute atomic E-state index is 15.4. The van der Waals surface area contributed by atoms with Gasteiger partial charge in [0.25, 0.3) is 10.0 Å². The number of benzene rings is 3. The van der Waals surface area contributed by atoms with E-state index in [4.69, 9.17) is 27.1 Å². The predicted molar refractivity (Wildman–Crippen MR) is 168 cm³/mol. The highest BCUT2D eigenvalue weighted by Crippen LogP contribution is 2.36. The number of sulfonamides is 1. The number of nitrogen functional groups attached to an aromatic ring is 1. The third-order valence-electron chi connectivity index (χ3n) is 7.38. The van der Waals surface area contributed by atoms with Gasteiger partial charge in [-0.05, 0) is 36.4 Å². The van der Waals surface area contributed by atoms with E-state index < -0.39 is 15.8 Å². The maximum atomic E-state index is 15.4. The minimum Gasteiger partial charge on any atom is -0.382 e. The first kappa shape index (κ1) is 28.9. The second-order valence-electron chi connectivity index (χ2n) is 10.6. The average molecular weight is 621 g/mol. The van der Waals surface area contributed by atoms with E-state index in [9.17, 15) is 8.42 Å². The number of hydrogen-bond donors (Lipinski definition) is 2. The summed E-state index contributed by atoms with van der Waals surface area (Å²) in [5, 5.41) is 0.0345. The first-order chi connectivity index (χ1) is 20.6. The number of aromatic nitrogens is 3. The van der Waals surface area contributed by atoms with Crippen LogP contribution in [0, 0.1) is 5.82 Å². The summed E-state index contributed by atoms with van der Waals surface area (Å²) in [7, 11) is -4.12. The minimum absolute atomic E-state index is 0.000902. The number of anilines is 3. The van der Waals surface area contributed by atoms with Crippen molar-refractivity contribution in [2.45, 2.75) is 24.7 Å². The molecular formula is C31H30ClFN6O3S. The molecule has 0 bridgehead atoms. The molecule has 3 heterocycles. The van der Waals surface area contributed by atoms with Gasteiger partial charge in [0.2, 0.25) is 0 Å². The van der Waals surface area contributed by atoms with E-state index in [2.05, 4.69) is 26.7 Å². The van der Waals surface area contributed by atoms with Crippen LogP contribution in [0.15, 0.2) is 77.8 Å². The second kappa shape index (κ2) is 11.5. The smallest absolute Gasteiger partial charge is 0.263 e. The van der Waals surface area contributed by atoms with Crippen LogP contribution in [-0.2, 0) is 14.8 Å². The van der Waals surface area contributed by atoms with Gasteiger partial charge in [0, 0.05) is 35.8 Å². The molecule has 1 fully saturated rings. The lowest BCUT2D eigenvalue weighted by Gasteiger charge is -2.29. The summed E-state index contributed by atoms with van der Waals surface area (Å²) in [4.78, 5) is 11.5. The number of rotatable bonds is 7. The van der Waals surface area contributed by atoms with E-state index >= 15 is 4.39 Å². The molecule has 2 aromatic heterocycles. The molecule has 0 spiro atoms. The number of nitrogens with two attached hydrogens (primary N) is 1. The number of hydrogen-bond acceptors (Lipinski definition) is 7. The summed E-state index contributed by atoms with van der Waals surface area (Å²) in [6.07, 6.45) is 1.72. The SMILES string of the molecule is CC(C)c1nc(-c2ccc(NS(=O)(=O)c3ccccc3Cl)c(F)c2)c2c(N)ncc(-c3ccc(N4CCOCC4)cc3)n12. The van der Waals surface area contributed by atoms with Crippen LogP contribution in [0.1, 0.15) is 25.6 Å². The molecule has 0 amide bonds. The van der Waals surface area contributed by atoms with E-state index in [-0.39, 0.29) is 27.3 Å². The Morgan fingerprint density at radius 3 is 2.40 bits per heavy atom. The molecule has 1 aliphatic heterocycles. The quantitative estimate of drug-likeness (QED) is 0.223. The average Bonchev–Trinajstić information content (AvgIpc) is 3.41. The minimum atomic E-state index is -4.12. The zero-order valence-electron chi connectivity index (χ0n) is 23.6. The molecule has 1 aliphatic rings. The summed E-state index contributed by atoms with van der Waals surface area (Å²) in [6.45, 7) is 7.13. The van der Waals surface area contributed by atoms with Gasteiger partial charge in [-0.2, -0.15) is 0 Å². The Morgan fingerprint density at radius 1 is 1.02 bits per heavy atom. The van der Waals surface area contributed by atoms with E-state index in [0.29, 0.717) is 30.0 Å². The van der Waals surface area contributed by atoms with Gasteiger partial charge in [-0.15, -0.1) is 0 Å². The molecule has 12 heteroatoms. The fraction of sp³-hybridized carbons (Fsp3) is 0.226. The van der Waals surface area contributed by atoms with Crippen molar-refractivity contribution in [2.24, 2.45) is 0 Å². The monoisotopic (exact) mass is 620 g/mol. The zero-order valence-corrected chi connectivity index (χ0v) is 25.2. The first-order valence-corrected chi connectivity index (χ1v) is 15.7.